The van der Waals surface area contributed by atoms with Crippen LogP contribution < -0.4 is 21.5 Å². The van der Waals surface area contributed by atoms with Crippen molar-refractivity contribution in [3.8, 4) is 5.88 Å². The predicted molar refractivity (Wildman–Crippen MR) is 55.3 cm³/mol. The highest BCUT2D eigenvalue weighted by Crippen LogP contribution is 2.23. The van der Waals surface area contributed by atoms with E-state index in [-0.39, 0.29) is 12.2 Å². The molecule has 1 heterocycles. The van der Waals surface area contributed by atoms with Crippen molar-refractivity contribution in [3.63, 3.8) is 0 Å². The third-order valence-electron chi connectivity index (χ3n) is 1.56. The molecule has 0 saturated carbocycles. The van der Waals surface area contributed by atoms with E-state index in [2.05, 4.69) is 15.3 Å². The number of carbonyl (C=O) groups is 1. The van der Waals surface area contributed by atoms with Gasteiger partial charge in [-0.25, -0.2) is 4.98 Å². The van der Waals surface area contributed by atoms with Gasteiger partial charge in [0, 0.05) is 0 Å². The molecule has 0 radical (unpaired) electrons. The molecule has 82 valence electrons. The molecule has 0 aliphatic carbocycles. The van der Waals surface area contributed by atoms with Crippen molar-refractivity contribution >= 4 is 17.4 Å². The molecule has 0 aromatic carbocycles. The van der Waals surface area contributed by atoms with Gasteiger partial charge in [-0.2, -0.15) is 4.98 Å². The first-order valence-electron chi connectivity index (χ1n) is 4.40. The Bertz CT molecular complexity index is 355. The average molecular weight is 211 g/mol. The van der Waals surface area contributed by atoms with E-state index in [0.717, 1.165) is 0 Å². The molecule has 15 heavy (non-hydrogen) atoms. The first-order valence-corrected chi connectivity index (χ1v) is 4.40. The van der Waals surface area contributed by atoms with Crippen LogP contribution in [0.3, 0.4) is 0 Å². The molecule has 0 fully saturated rings. The zero-order valence-corrected chi connectivity index (χ0v) is 8.36. The van der Waals surface area contributed by atoms with E-state index in [9.17, 15) is 4.79 Å². The summed E-state index contributed by atoms with van der Waals surface area (Å²) in [7, 11) is 0. The summed E-state index contributed by atoms with van der Waals surface area (Å²) in [5.74, 6) is 0.137. The molecule has 1 aromatic rings. The Labute approximate surface area is 86.8 Å². The molecular formula is C8H13N5O2. The van der Waals surface area contributed by atoms with Crippen LogP contribution in [0.1, 0.15) is 6.92 Å². The van der Waals surface area contributed by atoms with Gasteiger partial charge in [0.25, 0.3) is 0 Å². The summed E-state index contributed by atoms with van der Waals surface area (Å²) in [6.45, 7) is 2.24. The number of rotatable bonds is 5. The van der Waals surface area contributed by atoms with E-state index in [1.54, 1.807) is 0 Å². The molecule has 1 rings (SSSR count). The Morgan fingerprint density at radius 3 is 2.93 bits per heavy atom. The molecule has 0 aliphatic heterocycles. The van der Waals surface area contributed by atoms with Gasteiger partial charge >= 0.3 is 0 Å². The number of nitrogens with one attached hydrogen (secondary N) is 1. The molecule has 1 amide bonds. The third-order valence-corrected chi connectivity index (χ3v) is 1.56. The lowest BCUT2D eigenvalue weighted by Gasteiger charge is -2.09. The van der Waals surface area contributed by atoms with E-state index >= 15 is 0 Å². The number of anilines is 2. The fourth-order valence-electron chi connectivity index (χ4n) is 0.943. The summed E-state index contributed by atoms with van der Waals surface area (Å²) < 4.78 is 5.15. The van der Waals surface area contributed by atoms with Crippen molar-refractivity contribution in [1.29, 1.82) is 0 Å². The Morgan fingerprint density at radius 1 is 1.60 bits per heavy atom. The molecule has 1 aromatic heterocycles. The maximum absolute atomic E-state index is 10.5. The van der Waals surface area contributed by atoms with E-state index in [0.29, 0.717) is 18.3 Å². The minimum Gasteiger partial charge on any atom is -0.476 e. The Kier molecular flexibility index (Phi) is 3.67. The highest BCUT2D eigenvalue weighted by atomic mass is 16.5. The van der Waals surface area contributed by atoms with Gasteiger partial charge in [-0.05, 0) is 6.92 Å². The number of ether oxygens (including phenoxy) is 1. The van der Waals surface area contributed by atoms with Crippen LogP contribution in [-0.4, -0.2) is 29.0 Å². The van der Waals surface area contributed by atoms with Crippen molar-refractivity contribution in [2.75, 3.05) is 24.2 Å². The minimum atomic E-state index is -0.494. The third kappa shape index (κ3) is 2.97. The van der Waals surface area contributed by atoms with E-state index < -0.39 is 5.91 Å². The van der Waals surface area contributed by atoms with Crippen LogP contribution in [0, 0.1) is 0 Å². The maximum Gasteiger partial charge on any atom is 0.242 e. The second-order valence-electron chi connectivity index (χ2n) is 2.69. The molecule has 7 nitrogen and oxygen atoms in total. The number of nitrogen functional groups attached to an aromatic ring is 1. The second kappa shape index (κ2) is 4.99. The smallest absolute Gasteiger partial charge is 0.242 e. The van der Waals surface area contributed by atoms with Gasteiger partial charge in [-0.15, -0.1) is 0 Å². The lowest BCUT2D eigenvalue weighted by Crippen LogP contribution is -2.22. The highest BCUT2D eigenvalue weighted by Gasteiger charge is 2.08. The van der Waals surface area contributed by atoms with Crippen LogP contribution in [0.5, 0.6) is 5.88 Å². The van der Waals surface area contributed by atoms with Crippen molar-refractivity contribution in [3.05, 3.63) is 6.33 Å². The van der Waals surface area contributed by atoms with Gasteiger partial charge in [0.1, 0.15) is 12.0 Å². The van der Waals surface area contributed by atoms with Crippen LogP contribution in [0.4, 0.5) is 11.5 Å². The summed E-state index contributed by atoms with van der Waals surface area (Å²) in [6, 6.07) is 0. The first kappa shape index (κ1) is 11.0. The molecule has 0 atom stereocenters. The molecular weight excluding hydrogens is 198 g/mol. The topological polar surface area (TPSA) is 116 Å². The number of hydrogen-bond donors (Lipinski definition) is 3. The number of carbonyl (C=O) groups excluding carboxylic acids is 1. The predicted octanol–water partition coefficient (Wildman–Crippen LogP) is -0.645. The van der Waals surface area contributed by atoms with Crippen LogP contribution in [0.15, 0.2) is 6.33 Å². The number of nitrogens with two attached hydrogens (primary N) is 2. The zero-order chi connectivity index (χ0) is 11.3. The van der Waals surface area contributed by atoms with E-state index in [1.165, 1.54) is 6.33 Å². The van der Waals surface area contributed by atoms with Crippen molar-refractivity contribution in [2.24, 2.45) is 5.73 Å². The van der Waals surface area contributed by atoms with Crippen LogP contribution in [-0.2, 0) is 4.79 Å². The van der Waals surface area contributed by atoms with Crippen molar-refractivity contribution in [1.82, 2.24) is 9.97 Å². The summed E-state index contributed by atoms with van der Waals surface area (Å²) in [5, 5.41) is 2.68. The Hall–Kier alpha value is -2.05. The van der Waals surface area contributed by atoms with Gasteiger partial charge < -0.3 is 21.5 Å². The summed E-state index contributed by atoms with van der Waals surface area (Å²) in [6.07, 6.45) is 1.30. The number of nitrogens with zero attached hydrogens (tertiary/aromatic N) is 2. The number of primary amides is 1. The summed E-state index contributed by atoms with van der Waals surface area (Å²) in [4.78, 5) is 18.2. The van der Waals surface area contributed by atoms with Gasteiger partial charge in [0.15, 0.2) is 5.82 Å². The lowest BCUT2D eigenvalue weighted by molar-refractivity contribution is -0.116. The van der Waals surface area contributed by atoms with Crippen molar-refractivity contribution < 1.29 is 9.53 Å². The number of amides is 1. The minimum absolute atomic E-state index is 0.0349. The van der Waals surface area contributed by atoms with E-state index in [1.807, 2.05) is 6.92 Å². The average Bonchev–Trinajstić information content (AvgIpc) is 2.19. The van der Waals surface area contributed by atoms with Gasteiger partial charge in [0.2, 0.25) is 11.8 Å². The van der Waals surface area contributed by atoms with Crippen LogP contribution in [0.2, 0.25) is 0 Å². The maximum atomic E-state index is 10.5. The molecule has 0 saturated heterocycles. The van der Waals surface area contributed by atoms with Gasteiger partial charge in [0.05, 0.1) is 13.2 Å². The quantitative estimate of drug-likeness (QED) is 0.596. The number of aromatic nitrogens is 2. The fraction of sp³-hybridized carbons (Fsp3) is 0.375. The molecule has 0 bridgehead atoms. The fourth-order valence-corrected chi connectivity index (χ4v) is 0.943. The Morgan fingerprint density at radius 2 is 2.33 bits per heavy atom. The second-order valence-corrected chi connectivity index (χ2v) is 2.69. The largest absolute Gasteiger partial charge is 0.476 e. The van der Waals surface area contributed by atoms with Crippen LogP contribution >= 0.6 is 0 Å². The summed E-state index contributed by atoms with van der Waals surface area (Å²) in [5.41, 5.74) is 10.9. The monoisotopic (exact) mass is 211 g/mol. The van der Waals surface area contributed by atoms with E-state index in [4.69, 9.17) is 16.2 Å². The highest BCUT2D eigenvalue weighted by molar-refractivity contribution is 5.80. The zero-order valence-electron chi connectivity index (χ0n) is 8.36. The van der Waals surface area contributed by atoms with Crippen molar-refractivity contribution in [2.45, 2.75) is 6.92 Å². The molecule has 5 N–H and O–H groups in total. The molecule has 0 unspecified atom stereocenters. The standard InChI is InChI=1S/C8H13N5O2/c1-2-15-8-6(10)7(12-4-13-8)11-3-5(9)14/h4H,2-3,10H2,1H3,(H2,9,14)(H,11,12,13). The lowest BCUT2D eigenvalue weighted by atomic mass is 10.4. The van der Waals surface area contributed by atoms with Gasteiger partial charge in [-0.1, -0.05) is 0 Å². The Balaban J connectivity index is 2.79. The first-order chi connectivity index (χ1) is 7.15. The number of hydrogen-bond acceptors (Lipinski definition) is 6. The molecule has 0 spiro atoms. The molecule has 0 aliphatic rings. The normalized spacial score (nSPS) is 9.67. The SMILES string of the molecule is CCOc1ncnc(NCC(N)=O)c1N. The van der Waals surface area contributed by atoms with Gasteiger partial charge in [-0.3, -0.25) is 4.79 Å². The molecule has 7 heteroatoms. The summed E-state index contributed by atoms with van der Waals surface area (Å²) >= 11 is 0. The van der Waals surface area contributed by atoms with Crippen LogP contribution in [0.25, 0.3) is 0 Å².